The number of thiazole rings is 1. The number of carbonyl (C=O) groups excluding carboxylic acids is 1. The summed E-state index contributed by atoms with van der Waals surface area (Å²) < 4.78 is 0. The third-order valence-corrected chi connectivity index (χ3v) is 3.97. The van der Waals surface area contributed by atoms with E-state index in [1.54, 1.807) is 0 Å². The standard InChI is InChI=1S/C13H19N5OS/c1-4-6-9-10(14)11(18-17-9)12(19)16-13-15-8(5-2)7(3)20-13/h4-6,14H2,1-3H3,(H,17,18)(H,15,16,19). The summed E-state index contributed by atoms with van der Waals surface area (Å²) in [6.45, 7) is 6.08. The fraction of sp³-hybridized carbons (Fsp3) is 0.462. The highest BCUT2D eigenvalue weighted by atomic mass is 32.1. The van der Waals surface area contributed by atoms with Gasteiger partial charge in [-0.1, -0.05) is 20.3 Å². The van der Waals surface area contributed by atoms with E-state index in [9.17, 15) is 4.79 Å². The van der Waals surface area contributed by atoms with Crippen LogP contribution in [0, 0.1) is 6.92 Å². The molecule has 0 aromatic carbocycles. The molecule has 0 saturated heterocycles. The SMILES string of the molecule is CCCc1[nH]nc(C(=O)Nc2nc(CC)c(C)s2)c1N. The number of anilines is 2. The number of nitrogens with zero attached hydrogens (tertiary/aromatic N) is 2. The van der Waals surface area contributed by atoms with E-state index >= 15 is 0 Å². The van der Waals surface area contributed by atoms with Gasteiger partial charge in [0.25, 0.3) is 5.91 Å². The molecule has 0 aliphatic rings. The van der Waals surface area contributed by atoms with Gasteiger partial charge >= 0.3 is 0 Å². The first kappa shape index (κ1) is 14.5. The minimum Gasteiger partial charge on any atom is -0.395 e. The summed E-state index contributed by atoms with van der Waals surface area (Å²) in [4.78, 5) is 17.6. The van der Waals surface area contributed by atoms with Gasteiger partial charge in [0.1, 0.15) is 0 Å². The van der Waals surface area contributed by atoms with Crippen molar-refractivity contribution in [1.29, 1.82) is 0 Å². The molecule has 2 heterocycles. The molecule has 0 radical (unpaired) electrons. The lowest BCUT2D eigenvalue weighted by molar-refractivity contribution is 0.102. The van der Waals surface area contributed by atoms with Crippen LogP contribution in [0.2, 0.25) is 0 Å². The molecule has 0 unspecified atom stereocenters. The zero-order valence-corrected chi connectivity index (χ0v) is 12.7. The molecular formula is C13H19N5OS. The van der Waals surface area contributed by atoms with Crippen molar-refractivity contribution >= 4 is 28.1 Å². The Bertz CT molecular complexity index is 616. The highest BCUT2D eigenvalue weighted by Gasteiger charge is 2.18. The van der Waals surface area contributed by atoms with Crippen molar-refractivity contribution < 1.29 is 4.79 Å². The lowest BCUT2D eigenvalue weighted by Gasteiger charge is -2.00. The molecular weight excluding hydrogens is 274 g/mol. The van der Waals surface area contributed by atoms with Gasteiger partial charge in [0, 0.05) is 4.88 Å². The largest absolute Gasteiger partial charge is 0.395 e. The molecule has 0 spiro atoms. The van der Waals surface area contributed by atoms with E-state index in [1.165, 1.54) is 11.3 Å². The monoisotopic (exact) mass is 293 g/mol. The molecule has 0 saturated carbocycles. The maximum atomic E-state index is 12.2. The van der Waals surface area contributed by atoms with Gasteiger partial charge < -0.3 is 5.73 Å². The summed E-state index contributed by atoms with van der Waals surface area (Å²) >= 11 is 1.46. The van der Waals surface area contributed by atoms with E-state index in [-0.39, 0.29) is 11.6 Å². The third-order valence-electron chi connectivity index (χ3n) is 3.05. The number of hydrogen-bond acceptors (Lipinski definition) is 5. The summed E-state index contributed by atoms with van der Waals surface area (Å²) in [5.41, 5.74) is 8.41. The highest BCUT2D eigenvalue weighted by Crippen LogP contribution is 2.24. The summed E-state index contributed by atoms with van der Waals surface area (Å²) in [5, 5.41) is 10.2. The average Bonchev–Trinajstić information content (AvgIpc) is 2.94. The van der Waals surface area contributed by atoms with Crippen molar-refractivity contribution in [2.45, 2.75) is 40.0 Å². The second kappa shape index (κ2) is 6.04. The molecule has 6 nitrogen and oxygen atoms in total. The lowest BCUT2D eigenvalue weighted by Crippen LogP contribution is -2.14. The van der Waals surface area contributed by atoms with Crippen LogP contribution < -0.4 is 11.1 Å². The van der Waals surface area contributed by atoms with Crippen molar-refractivity contribution in [2.75, 3.05) is 11.1 Å². The number of aromatic nitrogens is 3. The highest BCUT2D eigenvalue weighted by molar-refractivity contribution is 7.15. The maximum Gasteiger partial charge on any atom is 0.280 e. The third kappa shape index (κ3) is 2.82. The molecule has 7 heteroatoms. The van der Waals surface area contributed by atoms with E-state index in [0.717, 1.165) is 35.5 Å². The van der Waals surface area contributed by atoms with Crippen LogP contribution in [-0.2, 0) is 12.8 Å². The molecule has 0 aliphatic heterocycles. The van der Waals surface area contributed by atoms with Gasteiger partial charge in [0.15, 0.2) is 10.8 Å². The van der Waals surface area contributed by atoms with E-state index in [0.29, 0.717) is 10.8 Å². The second-order valence-electron chi connectivity index (χ2n) is 4.54. The molecule has 1 amide bonds. The fourth-order valence-corrected chi connectivity index (χ4v) is 2.86. The molecule has 108 valence electrons. The van der Waals surface area contributed by atoms with E-state index in [1.807, 2.05) is 20.8 Å². The Morgan fingerprint density at radius 1 is 1.45 bits per heavy atom. The van der Waals surface area contributed by atoms with Crippen LogP contribution in [0.15, 0.2) is 0 Å². The minimum atomic E-state index is -0.322. The Balaban J connectivity index is 2.15. The minimum absolute atomic E-state index is 0.236. The number of amides is 1. The van der Waals surface area contributed by atoms with Crippen LogP contribution in [0.1, 0.15) is 47.0 Å². The van der Waals surface area contributed by atoms with Crippen LogP contribution in [0.5, 0.6) is 0 Å². The first-order valence-corrected chi connectivity index (χ1v) is 7.48. The van der Waals surface area contributed by atoms with Crippen molar-refractivity contribution in [3.8, 4) is 0 Å². The van der Waals surface area contributed by atoms with Crippen LogP contribution in [0.3, 0.4) is 0 Å². The summed E-state index contributed by atoms with van der Waals surface area (Å²) in [6.07, 6.45) is 2.57. The molecule has 0 bridgehead atoms. The predicted molar refractivity (Wildman–Crippen MR) is 81.2 cm³/mol. The zero-order valence-electron chi connectivity index (χ0n) is 11.9. The number of nitrogen functional groups attached to an aromatic ring is 1. The van der Waals surface area contributed by atoms with Crippen molar-refractivity contribution in [3.05, 3.63) is 22.0 Å². The van der Waals surface area contributed by atoms with Gasteiger partial charge in [-0.2, -0.15) is 5.10 Å². The van der Waals surface area contributed by atoms with Gasteiger partial charge in [-0.3, -0.25) is 15.2 Å². The van der Waals surface area contributed by atoms with Crippen LogP contribution >= 0.6 is 11.3 Å². The molecule has 20 heavy (non-hydrogen) atoms. The number of rotatable bonds is 5. The maximum absolute atomic E-state index is 12.2. The average molecular weight is 293 g/mol. The van der Waals surface area contributed by atoms with Crippen molar-refractivity contribution in [1.82, 2.24) is 15.2 Å². The van der Waals surface area contributed by atoms with Crippen LogP contribution in [0.4, 0.5) is 10.8 Å². The fourth-order valence-electron chi connectivity index (χ4n) is 1.97. The van der Waals surface area contributed by atoms with Crippen molar-refractivity contribution in [2.24, 2.45) is 0 Å². The number of H-pyrrole nitrogens is 1. The summed E-state index contributed by atoms with van der Waals surface area (Å²) in [5.74, 6) is -0.322. The van der Waals surface area contributed by atoms with E-state index in [2.05, 4.69) is 20.5 Å². The first-order chi connectivity index (χ1) is 9.56. The normalized spacial score (nSPS) is 10.8. The predicted octanol–water partition coefficient (Wildman–Crippen LogP) is 2.52. The molecule has 4 N–H and O–H groups in total. The summed E-state index contributed by atoms with van der Waals surface area (Å²) in [7, 11) is 0. The molecule has 0 atom stereocenters. The zero-order chi connectivity index (χ0) is 14.7. The van der Waals surface area contributed by atoms with Gasteiger partial charge in [-0.05, 0) is 19.8 Å². The Morgan fingerprint density at radius 2 is 2.20 bits per heavy atom. The molecule has 0 fully saturated rings. The quantitative estimate of drug-likeness (QED) is 0.789. The van der Waals surface area contributed by atoms with Gasteiger partial charge in [0.05, 0.1) is 17.1 Å². The Labute approximate surface area is 121 Å². The van der Waals surface area contributed by atoms with Crippen LogP contribution in [-0.4, -0.2) is 21.1 Å². The molecule has 0 aliphatic carbocycles. The number of carbonyl (C=O) groups is 1. The van der Waals surface area contributed by atoms with Gasteiger partial charge in [0.2, 0.25) is 0 Å². The number of hydrogen-bond donors (Lipinski definition) is 3. The van der Waals surface area contributed by atoms with Gasteiger partial charge in [-0.25, -0.2) is 4.98 Å². The first-order valence-electron chi connectivity index (χ1n) is 6.67. The Morgan fingerprint density at radius 3 is 2.80 bits per heavy atom. The smallest absolute Gasteiger partial charge is 0.280 e. The van der Waals surface area contributed by atoms with Crippen LogP contribution in [0.25, 0.3) is 0 Å². The van der Waals surface area contributed by atoms with Crippen molar-refractivity contribution in [3.63, 3.8) is 0 Å². The topological polar surface area (TPSA) is 96.7 Å². The Kier molecular flexibility index (Phi) is 4.39. The van der Waals surface area contributed by atoms with E-state index < -0.39 is 0 Å². The second-order valence-corrected chi connectivity index (χ2v) is 5.75. The summed E-state index contributed by atoms with van der Waals surface area (Å²) in [6, 6.07) is 0. The number of aryl methyl sites for hydroxylation is 3. The Hall–Kier alpha value is -1.89. The molecule has 2 aromatic rings. The number of nitrogens with two attached hydrogens (primary N) is 1. The van der Waals surface area contributed by atoms with Gasteiger partial charge in [-0.15, -0.1) is 11.3 Å². The molecule has 2 aromatic heterocycles. The molecule has 2 rings (SSSR count). The lowest BCUT2D eigenvalue weighted by atomic mass is 10.2. The number of nitrogens with one attached hydrogen (secondary N) is 2. The van der Waals surface area contributed by atoms with E-state index in [4.69, 9.17) is 5.73 Å². The number of aromatic amines is 1.